The minimum atomic E-state index is 0.629. The van der Waals surface area contributed by atoms with E-state index >= 15 is 0 Å². The van der Waals surface area contributed by atoms with Crippen LogP contribution in [0.1, 0.15) is 18.7 Å². The summed E-state index contributed by atoms with van der Waals surface area (Å²) in [6.45, 7) is 7.43. The fourth-order valence-electron chi connectivity index (χ4n) is 1.43. The Morgan fingerprint density at radius 3 is 2.88 bits per heavy atom. The van der Waals surface area contributed by atoms with E-state index in [0.29, 0.717) is 5.92 Å². The summed E-state index contributed by atoms with van der Waals surface area (Å²) in [7, 11) is 0. The number of aromatic amines is 1. The van der Waals surface area contributed by atoms with Crippen LogP contribution in [0.3, 0.4) is 0 Å². The lowest BCUT2D eigenvalue weighted by atomic mass is 10.2. The van der Waals surface area contributed by atoms with Crippen LogP contribution in [0.15, 0.2) is 18.2 Å². The molecule has 86 valence electrons. The Bertz CT molecular complexity index is 456. The van der Waals surface area contributed by atoms with Gasteiger partial charge in [-0.25, -0.2) is 0 Å². The first-order valence-corrected chi connectivity index (χ1v) is 6.33. The molecule has 2 aromatic rings. The van der Waals surface area contributed by atoms with Crippen LogP contribution < -0.4 is 5.32 Å². The lowest BCUT2D eigenvalue weighted by Crippen LogP contribution is -2.07. The molecular weight excluding hydrogens is 218 g/mol. The number of H-pyrrole nitrogens is 1. The summed E-state index contributed by atoms with van der Waals surface area (Å²) in [5.74, 6) is 1.55. The highest BCUT2D eigenvalue weighted by Gasteiger charge is 2.05. The molecule has 0 amide bonds. The molecule has 0 aromatic carbocycles. The van der Waals surface area contributed by atoms with Crippen LogP contribution >= 0.6 is 11.3 Å². The van der Waals surface area contributed by atoms with Gasteiger partial charge in [-0.15, -0.1) is 11.3 Å². The molecule has 2 N–H and O–H groups in total. The SMILES string of the molecule is Cc1ccc(-c2cc(NCC(C)C)n[nH]2)s1. The summed E-state index contributed by atoms with van der Waals surface area (Å²) in [5, 5.41) is 10.6. The molecule has 0 aliphatic heterocycles. The maximum atomic E-state index is 4.24. The van der Waals surface area contributed by atoms with Crippen LogP contribution in [0, 0.1) is 12.8 Å². The zero-order chi connectivity index (χ0) is 11.5. The topological polar surface area (TPSA) is 40.7 Å². The number of hydrogen-bond acceptors (Lipinski definition) is 3. The summed E-state index contributed by atoms with van der Waals surface area (Å²) >= 11 is 1.78. The molecule has 0 saturated carbocycles. The molecule has 2 aromatic heterocycles. The predicted octanol–water partition coefficient (Wildman–Crippen LogP) is 3.51. The second kappa shape index (κ2) is 4.70. The summed E-state index contributed by atoms with van der Waals surface area (Å²) in [4.78, 5) is 2.56. The van der Waals surface area contributed by atoms with Crippen LogP contribution in [0.25, 0.3) is 10.6 Å². The zero-order valence-corrected chi connectivity index (χ0v) is 10.7. The molecular formula is C12H17N3S. The second-order valence-electron chi connectivity index (χ2n) is 4.35. The van der Waals surface area contributed by atoms with Gasteiger partial charge in [-0.05, 0) is 25.0 Å². The molecule has 0 aliphatic carbocycles. The maximum absolute atomic E-state index is 4.24. The van der Waals surface area contributed by atoms with Crippen LogP contribution in [0.4, 0.5) is 5.82 Å². The molecule has 4 heteroatoms. The van der Waals surface area contributed by atoms with Crippen molar-refractivity contribution >= 4 is 17.2 Å². The fraction of sp³-hybridized carbons (Fsp3) is 0.417. The van der Waals surface area contributed by atoms with E-state index in [-0.39, 0.29) is 0 Å². The largest absolute Gasteiger partial charge is 0.368 e. The Labute approximate surface area is 99.9 Å². The molecule has 0 spiro atoms. The number of thiophene rings is 1. The second-order valence-corrected chi connectivity index (χ2v) is 5.64. The van der Waals surface area contributed by atoms with Gasteiger partial charge in [0.1, 0.15) is 5.82 Å². The standard InChI is InChI=1S/C12H17N3S/c1-8(2)7-13-12-6-10(14-15-12)11-5-4-9(3)16-11/h4-6,8H,7H2,1-3H3,(H2,13,14,15). The molecule has 0 atom stereocenters. The van der Waals surface area contributed by atoms with Crippen molar-refractivity contribution in [2.45, 2.75) is 20.8 Å². The molecule has 2 heterocycles. The average molecular weight is 235 g/mol. The first-order valence-electron chi connectivity index (χ1n) is 5.51. The number of nitrogens with zero attached hydrogens (tertiary/aromatic N) is 1. The molecule has 0 saturated heterocycles. The van der Waals surface area contributed by atoms with Crippen molar-refractivity contribution in [2.24, 2.45) is 5.92 Å². The minimum Gasteiger partial charge on any atom is -0.368 e. The summed E-state index contributed by atoms with van der Waals surface area (Å²) in [5.41, 5.74) is 1.09. The Balaban J connectivity index is 2.07. The quantitative estimate of drug-likeness (QED) is 0.851. The van der Waals surface area contributed by atoms with E-state index in [9.17, 15) is 0 Å². The van der Waals surface area contributed by atoms with Gasteiger partial charge < -0.3 is 5.32 Å². The zero-order valence-electron chi connectivity index (χ0n) is 9.87. The monoisotopic (exact) mass is 235 g/mol. The van der Waals surface area contributed by atoms with Crippen LogP contribution in [0.5, 0.6) is 0 Å². The normalized spacial score (nSPS) is 11.0. The minimum absolute atomic E-state index is 0.629. The van der Waals surface area contributed by atoms with Gasteiger partial charge in [-0.3, -0.25) is 5.10 Å². The maximum Gasteiger partial charge on any atom is 0.148 e. The Morgan fingerprint density at radius 1 is 1.44 bits per heavy atom. The number of aromatic nitrogens is 2. The molecule has 0 fully saturated rings. The van der Waals surface area contributed by atoms with Gasteiger partial charge in [0.2, 0.25) is 0 Å². The van der Waals surface area contributed by atoms with Crippen molar-refractivity contribution < 1.29 is 0 Å². The molecule has 0 aliphatic rings. The lowest BCUT2D eigenvalue weighted by Gasteiger charge is -2.04. The third-order valence-electron chi connectivity index (χ3n) is 2.28. The lowest BCUT2D eigenvalue weighted by molar-refractivity contribution is 0.687. The first-order chi connectivity index (χ1) is 7.65. The highest BCUT2D eigenvalue weighted by atomic mass is 32.1. The third-order valence-corrected chi connectivity index (χ3v) is 3.31. The van der Waals surface area contributed by atoms with Gasteiger partial charge in [-0.1, -0.05) is 13.8 Å². The third kappa shape index (κ3) is 2.64. The Kier molecular flexibility index (Phi) is 3.29. The highest BCUT2D eigenvalue weighted by Crippen LogP contribution is 2.27. The Hall–Kier alpha value is -1.29. The van der Waals surface area contributed by atoms with E-state index in [2.05, 4.69) is 54.5 Å². The first kappa shape index (κ1) is 11.2. The van der Waals surface area contributed by atoms with Crippen LogP contribution in [0.2, 0.25) is 0 Å². The number of anilines is 1. The molecule has 3 nitrogen and oxygen atoms in total. The van der Waals surface area contributed by atoms with Gasteiger partial charge in [0.25, 0.3) is 0 Å². The van der Waals surface area contributed by atoms with E-state index in [4.69, 9.17) is 0 Å². The summed E-state index contributed by atoms with van der Waals surface area (Å²) < 4.78 is 0. The van der Waals surface area contributed by atoms with Crippen molar-refractivity contribution in [1.82, 2.24) is 10.2 Å². The van der Waals surface area contributed by atoms with E-state index in [1.54, 1.807) is 11.3 Å². The van der Waals surface area contributed by atoms with Crippen molar-refractivity contribution in [3.63, 3.8) is 0 Å². The van der Waals surface area contributed by atoms with Crippen molar-refractivity contribution in [3.05, 3.63) is 23.1 Å². The number of aryl methyl sites for hydroxylation is 1. The molecule has 0 radical (unpaired) electrons. The predicted molar refractivity (Wildman–Crippen MR) is 70.0 cm³/mol. The van der Waals surface area contributed by atoms with Gasteiger partial charge in [0.05, 0.1) is 10.6 Å². The van der Waals surface area contributed by atoms with Crippen molar-refractivity contribution in [3.8, 4) is 10.6 Å². The van der Waals surface area contributed by atoms with Gasteiger partial charge in [0, 0.05) is 17.5 Å². The summed E-state index contributed by atoms with van der Waals surface area (Å²) in [6, 6.07) is 6.31. The van der Waals surface area contributed by atoms with Gasteiger partial charge in [-0.2, -0.15) is 5.10 Å². The van der Waals surface area contributed by atoms with Crippen LogP contribution in [-0.4, -0.2) is 16.7 Å². The molecule has 0 bridgehead atoms. The Morgan fingerprint density at radius 2 is 2.25 bits per heavy atom. The average Bonchev–Trinajstić information content (AvgIpc) is 2.83. The molecule has 0 unspecified atom stereocenters. The number of rotatable bonds is 4. The van der Waals surface area contributed by atoms with Crippen molar-refractivity contribution in [2.75, 3.05) is 11.9 Å². The van der Waals surface area contributed by atoms with Gasteiger partial charge in [0.15, 0.2) is 0 Å². The van der Waals surface area contributed by atoms with E-state index in [1.807, 2.05) is 0 Å². The molecule has 2 rings (SSSR count). The fourth-order valence-corrected chi connectivity index (χ4v) is 2.26. The van der Waals surface area contributed by atoms with Crippen molar-refractivity contribution in [1.29, 1.82) is 0 Å². The number of nitrogens with one attached hydrogen (secondary N) is 2. The van der Waals surface area contributed by atoms with Gasteiger partial charge >= 0.3 is 0 Å². The summed E-state index contributed by atoms with van der Waals surface area (Å²) in [6.07, 6.45) is 0. The van der Waals surface area contributed by atoms with E-state index in [0.717, 1.165) is 18.1 Å². The van der Waals surface area contributed by atoms with E-state index in [1.165, 1.54) is 9.75 Å². The molecule has 16 heavy (non-hydrogen) atoms. The smallest absolute Gasteiger partial charge is 0.148 e. The number of hydrogen-bond donors (Lipinski definition) is 2. The highest BCUT2D eigenvalue weighted by molar-refractivity contribution is 7.15. The van der Waals surface area contributed by atoms with Crippen LogP contribution in [-0.2, 0) is 0 Å². The van der Waals surface area contributed by atoms with E-state index < -0.39 is 0 Å².